The Balaban J connectivity index is 1.34. The van der Waals surface area contributed by atoms with Crippen molar-refractivity contribution in [3.05, 3.63) is 107 Å². The second kappa shape index (κ2) is 8.91. The zero-order valence-corrected chi connectivity index (χ0v) is 18.2. The van der Waals surface area contributed by atoms with E-state index in [1.807, 2.05) is 43.3 Å². The molecule has 0 bridgehead atoms. The van der Waals surface area contributed by atoms with Crippen molar-refractivity contribution < 1.29 is 14.3 Å². The van der Waals surface area contributed by atoms with Gasteiger partial charge in [0, 0.05) is 11.6 Å². The van der Waals surface area contributed by atoms with Crippen LogP contribution in [-0.2, 0) is 11.3 Å². The number of esters is 1. The Bertz CT molecular complexity index is 1120. The molecule has 1 N–H and O–H groups in total. The Hall–Kier alpha value is -3.53. The smallest absolute Gasteiger partial charge is 0.338 e. The Labute approximate surface area is 188 Å². The van der Waals surface area contributed by atoms with E-state index in [1.54, 1.807) is 0 Å². The molecule has 0 amide bonds. The van der Waals surface area contributed by atoms with Gasteiger partial charge in [0.25, 0.3) is 0 Å². The van der Waals surface area contributed by atoms with E-state index in [-0.39, 0.29) is 12.0 Å². The third-order valence-electron chi connectivity index (χ3n) is 6.36. The molecule has 0 saturated carbocycles. The van der Waals surface area contributed by atoms with Crippen molar-refractivity contribution in [1.29, 1.82) is 0 Å². The second-order valence-electron chi connectivity index (χ2n) is 8.34. The molecule has 4 nitrogen and oxygen atoms in total. The van der Waals surface area contributed by atoms with Crippen molar-refractivity contribution in [1.82, 2.24) is 0 Å². The average Bonchev–Trinajstić information content (AvgIpc) is 3.33. The summed E-state index contributed by atoms with van der Waals surface area (Å²) in [5, 5.41) is 3.73. The SMILES string of the molecule is CCOC(=O)c1ccc2c(c1)[C@@H]1C=CC[C@@H]1[C@H](c1ccc(OCc3ccccc3)cc1)N2. The van der Waals surface area contributed by atoms with E-state index in [1.165, 1.54) is 11.1 Å². The first kappa shape index (κ1) is 20.4. The molecule has 0 saturated heterocycles. The highest BCUT2D eigenvalue weighted by molar-refractivity contribution is 5.90. The predicted molar refractivity (Wildman–Crippen MR) is 126 cm³/mol. The van der Waals surface area contributed by atoms with E-state index in [2.05, 4.69) is 53.9 Å². The first-order valence-corrected chi connectivity index (χ1v) is 11.2. The maximum absolute atomic E-state index is 12.2. The molecule has 1 aliphatic carbocycles. The van der Waals surface area contributed by atoms with E-state index < -0.39 is 0 Å². The number of hydrogen-bond donors (Lipinski definition) is 1. The lowest BCUT2D eigenvalue weighted by Crippen LogP contribution is -2.29. The normalized spacial score (nSPS) is 20.7. The molecule has 2 aliphatic rings. The van der Waals surface area contributed by atoms with Crippen molar-refractivity contribution in [2.24, 2.45) is 5.92 Å². The van der Waals surface area contributed by atoms with E-state index in [0.29, 0.717) is 30.6 Å². The van der Waals surface area contributed by atoms with E-state index in [4.69, 9.17) is 9.47 Å². The average molecular weight is 426 g/mol. The summed E-state index contributed by atoms with van der Waals surface area (Å²) >= 11 is 0. The van der Waals surface area contributed by atoms with Gasteiger partial charge >= 0.3 is 5.97 Å². The fraction of sp³-hybridized carbons (Fsp3) is 0.250. The number of carbonyl (C=O) groups excluding carboxylic acids is 1. The zero-order valence-electron chi connectivity index (χ0n) is 18.2. The number of allylic oxidation sites excluding steroid dienone is 2. The van der Waals surface area contributed by atoms with Gasteiger partial charge in [-0.2, -0.15) is 0 Å². The number of carbonyl (C=O) groups is 1. The molecule has 0 aromatic heterocycles. The Morgan fingerprint density at radius 2 is 1.84 bits per heavy atom. The van der Waals surface area contributed by atoms with Crippen LogP contribution in [0.4, 0.5) is 5.69 Å². The summed E-state index contributed by atoms with van der Waals surface area (Å²) in [6, 6.07) is 24.7. The van der Waals surface area contributed by atoms with Crippen LogP contribution in [0.5, 0.6) is 5.75 Å². The molecular weight excluding hydrogens is 398 g/mol. The molecule has 0 radical (unpaired) electrons. The van der Waals surface area contributed by atoms with Crippen LogP contribution in [0.2, 0.25) is 0 Å². The molecule has 1 heterocycles. The lowest BCUT2D eigenvalue weighted by atomic mass is 9.76. The second-order valence-corrected chi connectivity index (χ2v) is 8.34. The van der Waals surface area contributed by atoms with Gasteiger partial charge in [-0.1, -0.05) is 54.6 Å². The number of benzene rings is 3. The van der Waals surface area contributed by atoms with Gasteiger partial charge in [-0.3, -0.25) is 0 Å². The maximum atomic E-state index is 12.2. The molecule has 3 aromatic rings. The topological polar surface area (TPSA) is 47.6 Å². The number of hydrogen-bond acceptors (Lipinski definition) is 4. The highest BCUT2D eigenvalue weighted by Gasteiger charge is 2.38. The van der Waals surface area contributed by atoms with Crippen LogP contribution >= 0.6 is 0 Å². The largest absolute Gasteiger partial charge is 0.489 e. The highest BCUT2D eigenvalue weighted by Crippen LogP contribution is 2.50. The zero-order chi connectivity index (χ0) is 21.9. The van der Waals surface area contributed by atoms with Gasteiger partial charge in [-0.05, 0) is 66.3 Å². The number of ether oxygens (including phenoxy) is 2. The molecule has 5 rings (SSSR count). The molecule has 0 spiro atoms. The Kier molecular flexibility index (Phi) is 5.68. The van der Waals surface area contributed by atoms with Crippen molar-refractivity contribution in [2.75, 3.05) is 11.9 Å². The lowest BCUT2D eigenvalue weighted by Gasteiger charge is -2.37. The van der Waals surface area contributed by atoms with Crippen LogP contribution in [0.3, 0.4) is 0 Å². The molecule has 3 aromatic carbocycles. The number of anilines is 1. The number of rotatable bonds is 6. The van der Waals surface area contributed by atoms with Crippen LogP contribution in [0.25, 0.3) is 0 Å². The number of nitrogens with one attached hydrogen (secondary N) is 1. The molecule has 3 atom stereocenters. The first-order valence-electron chi connectivity index (χ1n) is 11.2. The van der Waals surface area contributed by atoms with Gasteiger partial charge in [0.15, 0.2) is 0 Å². The van der Waals surface area contributed by atoms with Gasteiger partial charge in [-0.15, -0.1) is 0 Å². The Morgan fingerprint density at radius 1 is 1.03 bits per heavy atom. The summed E-state index contributed by atoms with van der Waals surface area (Å²) in [6.07, 6.45) is 5.55. The van der Waals surface area contributed by atoms with E-state index >= 15 is 0 Å². The van der Waals surface area contributed by atoms with Gasteiger partial charge in [-0.25, -0.2) is 4.79 Å². The predicted octanol–water partition coefficient (Wildman–Crippen LogP) is 6.27. The van der Waals surface area contributed by atoms with Crippen LogP contribution in [-0.4, -0.2) is 12.6 Å². The molecular formula is C28H27NO3. The highest BCUT2D eigenvalue weighted by atomic mass is 16.5. The summed E-state index contributed by atoms with van der Waals surface area (Å²) in [6.45, 7) is 2.77. The summed E-state index contributed by atoms with van der Waals surface area (Å²) < 4.78 is 11.1. The van der Waals surface area contributed by atoms with E-state index in [0.717, 1.165) is 23.4 Å². The minimum absolute atomic E-state index is 0.208. The van der Waals surface area contributed by atoms with Crippen LogP contribution in [0, 0.1) is 5.92 Å². The minimum Gasteiger partial charge on any atom is -0.489 e. The molecule has 162 valence electrons. The number of fused-ring (bicyclic) bond motifs is 3. The third kappa shape index (κ3) is 4.01. The van der Waals surface area contributed by atoms with Crippen molar-refractivity contribution >= 4 is 11.7 Å². The third-order valence-corrected chi connectivity index (χ3v) is 6.36. The summed E-state index contributed by atoms with van der Waals surface area (Å²) in [7, 11) is 0. The fourth-order valence-electron chi connectivity index (χ4n) is 4.78. The summed E-state index contributed by atoms with van der Waals surface area (Å²) in [5.74, 6) is 1.31. The molecule has 0 fully saturated rings. The van der Waals surface area contributed by atoms with Crippen molar-refractivity contribution in [3.8, 4) is 5.75 Å². The van der Waals surface area contributed by atoms with Crippen LogP contribution in [0.1, 0.15) is 52.4 Å². The molecule has 32 heavy (non-hydrogen) atoms. The summed E-state index contributed by atoms with van der Waals surface area (Å²) in [4.78, 5) is 12.2. The monoisotopic (exact) mass is 425 g/mol. The van der Waals surface area contributed by atoms with Gasteiger partial charge in [0.2, 0.25) is 0 Å². The molecule has 0 unspecified atom stereocenters. The maximum Gasteiger partial charge on any atom is 0.338 e. The molecule has 4 heteroatoms. The lowest BCUT2D eigenvalue weighted by molar-refractivity contribution is 0.0526. The van der Waals surface area contributed by atoms with Crippen molar-refractivity contribution in [3.63, 3.8) is 0 Å². The van der Waals surface area contributed by atoms with Gasteiger partial charge in [0.1, 0.15) is 12.4 Å². The van der Waals surface area contributed by atoms with E-state index in [9.17, 15) is 4.79 Å². The Morgan fingerprint density at radius 3 is 2.62 bits per heavy atom. The van der Waals surface area contributed by atoms with Crippen LogP contribution in [0.15, 0.2) is 84.9 Å². The fourth-order valence-corrected chi connectivity index (χ4v) is 4.78. The van der Waals surface area contributed by atoms with Crippen molar-refractivity contribution in [2.45, 2.75) is 31.9 Å². The summed E-state index contributed by atoms with van der Waals surface area (Å²) in [5.41, 5.74) is 5.28. The first-order chi connectivity index (χ1) is 15.7. The van der Waals surface area contributed by atoms with Gasteiger partial charge < -0.3 is 14.8 Å². The minimum atomic E-state index is -0.262. The van der Waals surface area contributed by atoms with Crippen LogP contribution < -0.4 is 10.1 Å². The standard InChI is InChI=1S/C28H27NO3/c1-2-31-28(30)21-13-16-26-25(17-21)23-9-6-10-24(23)27(29-26)20-11-14-22(15-12-20)32-18-19-7-4-3-5-8-19/h3-9,11-17,23-24,27,29H,2,10,18H2,1H3/t23-,24+,27+/m1/s1. The molecule has 1 aliphatic heterocycles. The van der Waals surface area contributed by atoms with Gasteiger partial charge in [0.05, 0.1) is 18.2 Å². The quantitative estimate of drug-likeness (QED) is 0.374.